The minimum Gasteiger partial charge on any atom is -0.363 e. The van der Waals surface area contributed by atoms with Gasteiger partial charge in [-0.25, -0.2) is 9.98 Å². The second-order valence-electron chi connectivity index (χ2n) is 6.20. The van der Waals surface area contributed by atoms with Crippen molar-refractivity contribution in [2.75, 3.05) is 32.6 Å². The van der Waals surface area contributed by atoms with Crippen LogP contribution in [0.25, 0.3) is 0 Å². The van der Waals surface area contributed by atoms with Gasteiger partial charge in [-0.15, -0.1) is 0 Å². The summed E-state index contributed by atoms with van der Waals surface area (Å²) in [5, 5.41) is 3.37. The molecule has 0 radical (unpaired) electrons. The first-order valence-corrected chi connectivity index (χ1v) is 9.12. The molecule has 0 bridgehead atoms. The molecule has 6 nitrogen and oxygen atoms in total. The van der Waals surface area contributed by atoms with Gasteiger partial charge in [-0.1, -0.05) is 0 Å². The van der Waals surface area contributed by atoms with E-state index in [-0.39, 0.29) is 0 Å². The van der Waals surface area contributed by atoms with Crippen LogP contribution >= 0.6 is 15.9 Å². The van der Waals surface area contributed by atoms with Crippen LogP contribution in [0.15, 0.2) is 40.1 Å². The fraction of sp³-hybridized carbons (Fsp3) is 0.444. The number of aromatic nitrogens is 2. The quantitative estimate of drug-likeness (QED) is 0.591. The Bertz CT molecular complexity index is 722. The zero-order valence-electron chi connectivity index (χ0n) is 15.6. The molecule has 0 aliphatic rings. The number of hydrogen-bond donors (Lipinski definition) is 1. The molecule has 0 aliphatic heterocycles. The summed E-state index contributed by atoms with van der Waals surface area (Å²) in [5.74, 6) is 1.84. The Morgan fingerprint density at radius 2 is 2.08 bits per heavy atom. The highest BCUT2D eigenvalue weighted by Gasteiger charge is 2.10. The summed E-state index contributed by atoms with van der Waals surface area (Å²) in [6, 6.07) is 6.21. The molecule has 0 saturated carbocycles. The standard InChI is InChI=1S/C18H27BrN6/c1-6-20-18(25(5)13-16-10-15(19)12-24(16)4)22-11-14-7-8-21-17(9-14)23(2)3/h7-10,12H,6,11,13H2,1-5H3,(H,20,22). The minimum atomic E-state index is 0.618. The van der Waals surface area contributed by atoms with E-state index in [1.165, 1.54) is 5.69 Å². The number of pyridine rings is 1. The second-order valence-corrected chi connectivity index (χ2v) is 7.12. The fourth-order valence-electron chi connectivity index (χ4n) is 2.48. The molecular weight excluding hydrogens is 380 g/mol. The number of nitrogens with zero attached hydrogens (tertiary/aromatic N) is 5. The Hall–Kier alpha value is -2.02. The lowest BCUT2D eigenvalue weighted by Gasteiger charge is -2.22. The van der Waals surface area contributed by atoms with Crippen molar-refractivity contribution in [3.05, 3.63) is 46.3 Å². The number of rotatable bonds is 6. The zero-order valence-corrected chi connectivity index (χ0v) is 17.2. The van der Waals surface area contributed by atoms with E-state index >= 15 is 0 Å². The molecule has 2 heterocycles. The molecule has 136 valence electrons. The zero-order chi connectivity index (χ0) is 18.4. The highest BCUT2D eigenvalue weighted by Crippen LogP contribution is 2.15. The molecule has 1 N–H and O–H groups in total. The maximum Gasteiger partial charge on any atom is 0.194 e. The van der Waals surface area contributed by atoms with Crippen LogP contribution < -0.4 is 10.2 Å². The molecule has 0 fully saturated rings. The fourth-order valence-corrected chi connectivity index (χ4v) is 3.05. The summed E-state index contributed by atoms with van der Waals surface area (Å²) in [6.45, 7) is 4.32. The maximum absolute atomic E-state index is 4.78. The van der Waals surface area contributed by atoms with Gasteiger partial charge in [0.1, 0.15) is 5.82 Å². The van der Waals surface area contributed by atoms with Gasteiger partial charge in [0.15, 0.2) is 5.96 Å². The normalized spacial score (nSPS) is 11.5. The van der Waals surface area contributed by atoms with Gasteiger partial charge >= 0.3 is 0 Å². The Kier molecular flexibility index (Phi) is 6.87. The third kappa shape index (κ3) is 5.49. The Balaban J connectivity index is 2.11. The largest absolute Gasteiger partial charge is 0.363 e. The molecule has 0 saturated heterocycles. The van der Waals surface area contributed by atoms with Crippen molar-refractivity contribution < 1.29 is 0 Å². The molecule has 25 heavy (non-hydrogen) atoms. The molecule has 7 heteroatoms. The number of hydrogen-bond acceptors (Lipinski definition) is 3. The van der Waals surface area contributed by atoms with Crippen molar-refractivity contribution in [1.82, 2.24) is 19.8 Å². The van der Waals surface area contributed by atoms with Crippen LogP contribution in [0.1, 0.15) is 18.2 Å². The molecule has 0 spiro atoms. The molecule has 2 rings (SSSR count). The van der Waals surface area contributed by atoms with Gasteiger partial charge in [0.2, 0.25) is 0 Å². The lowest BCUT2D eigenvalue weighted by atomic mass is 10.2. The van der Waals surface area contributed by atoms with Crippen LogP contribution in [0.4, 0.5) is 5.82 Å². The topological polar surface area (TPSA) is 48.7 Å². The molecule has 0 atom stereocenters. The van der Waals surface area contributed by atoms with Gasteiger partial charge in [0.25, 0.3) is 0 Å². The summed E-state index contributed by atoms with van der Waals surface area (Å²) in [5.41, 5.74) is 2.36. The van der Waals surface area contributed by atoms with E-state index in [2.05, 4.69) is 75.0 Å². The first-order chi connectivity index (χ1) is 11.9. The molecule has 0 aliphatic carbocycles. The van der Waals surface area contributed by atoms with Gasteiger partial charge in [-0.3, -0.25) is 0 Å². The van der Waals surface area contributed by atoms with Gasteiger partial charge in [0, 0.05) is 57.3 Å². The molecule has 0 aromatic carbocycles. The Morgan fingerprint density at radius 3 is 2.68 bits per heavy atom. The summed E-state index contributed by atoms with van der Waals surface area (Å²) in [7, 11) is 8.09. The van der Waals surface area contributed by atoms with E-state index in [1.54, 1.807) is 0 Å². The summed E-state index contributed by atoms with van der Waals surface area (Å²) in [6.07, 6.45) is 3.89. The predicted octanol–water partition coefficient (Wildman–Crippen LogP) is 2.85. The average Bonchev–Trinajstić information content (AvgIpc) is 2.88. The third-order valence-corrected chi connectivity index (χ3v) is 4.28. The van der Waals surface area contributed by atoms with E-state index in [0.29, 0.717) is 6.54 Å². The summed E-state index contributed by atoms with van der Waals surface area (Å²) >= 11 is 3.53. The summed E-state index contributed by atoms with van der Waals surface area (Å²) < 4.78 is 3.21. The SMILES string of the molecule is CCNC(=NCc1ccnc(N(C)C)c1)N(C)Cc1cc(Br)cn1C. The van der Waals surface area contributed by atoms with E-state index in [4.69, 9.17) is 4.99 Å². The van der Waals surface area contributed by atoms with Crippen molar-refractivity contribution >= 4 is 27.7 Å². The number of anilines is 1. The van der Waals surface area contributed by atoms with Crippen LogP contribution in [-0.4, -0.2) is 48.1 Å². The highest BCUT2D eigenvalue weighted by atomic mass is 79.9. The molecule has 2 aromatic rings. The number of nitrogens with one attached hydrogen (secondary N) is 1. The molecule has 0 unspecified atom stereocenters. The Labute approximate surface area is 158 Å². The van der Waals surface area contributed by atoms with Crippen LogP contribution in [0.3, 0.4) is 0 Å². The molecular formula is C18H27BrN6. The van der Waals surface area contributed by atoms with E-state index < -0.39 is 0 Å². The average molecular weight is 407 g/mol. The lowest BCUT2D eigenvalue weighted by molar-refractivity contribution is 0.462. The van der Waals surface area contributed by atoms with Gasteiger partial charge in [-0.05, 0) is 46.6 Å². The Morgan fingerprint density at radius 1 is 1.32 bits per heavy atom. The maximum atomic E-state index is 4.78. The molecule has 0 amide bonds. The van der Waals surface area contributed by atoms with Crippen molar-refractivity contribution in [3.8, 4) is 0 Å². The van der Waals surface area contributed by atoms with Crippen molar-refractivity contribution in [2.45, 2.75) is 20.0 Å². The van der Waals surface area contributed by atoms with E-state index in [9.17, 15) is 0 Å². The van der Waals surface area contributed by atoms with Crippen molar-refractivity contribution in [1.29, 1.82) is 0 Å². The first kappa shape index (κ1) is 19.3. The number of halogens is 1. The number of guanidine groups is 1. The number of aryl methyl sites for hydroxylation is 1. The van der Waals surface area contributed by atoms with Gasteiger partial charge in [-0.2, -0.15) is 0 Å². The summed E-state index contributed by atoms with van der Waals surface area (Å²) in [4.78, 5) is 13.3. The smallest absolute Gasteiger partial charge is 0.194 e. The number of aliphatic imine (C=N–C) groups is 1. The minimum absolute atomic E-state index is 0.618. The van der Waals surface area contributed by atoms with Crippen LogP contribution in [0.5, 0.6) is 0 Å². The van der Waals surface area contributed by atoms with Crippen molar-refractivity contribution in [2.24, 2.45) is 12.0 Å². The van der Waals surface area contributed by atoms with Crippen LogP contribution in [-0.2, 0) is 20.1 Å². The van der Waals surface area contributed by atoms with Gasteiger partial charge in [0.05, 0.1) is 13.1 Å². The highest BCUT2D eigenvalue weighted by molar-refractivity contribution is 9.10. The van der Waals surface area contributed by atoms with Crippen LogP contribution in [0, 0.1) is 0 Å². The van der Waals surface area contributed by atoms with E-state index in [1.807, 2.05) is 31.3 Å². The molecule has 2 aromatic heterocycles. The van der Waals surface area contributed by atoms with Crippen LogP contribution in [0.2, 0.25) is 0 Å². The monoisotopic (exact) mass is 406 g/mol. The van der Waals surface area contributed by atoms with E-state index in [0.717, 1.165) is 34.9 Å². The predicted molar refractivity (Wildman–Crippen MR) is 108 cm³/mol. The van der Waals surface area contributed by atoms with Gasteiger partial charge < -0.3 is 19.7 Å². The second kappa shape index (κ2) is 8.89. The first-order valence-electron chi connectivity index (χ1n) is 8.33. The lowest BCUT2D eigenvalue weighted by Crippen LogP contribution is -2.38. The van der Waals surface area contributed by atoms with Crippen molar-refractivity contribution in [3.63, 3.8) is 0 Å². The third-order valence-electron chi connectivity index (χ3n) is 3.85.